The molecule has 0 spiro atoms. The molecule has 0 fully saturated rings. The van der Waals surface area contributed by atoms with Crippen LogP contribution in [0.25, 0.3) is 6.08 Å². The number of aromatic nitrogens is 1. The maximum Gasteiger partial charge on any atom is 0.338 e. The summed E-state index contributed by atoms with van der Waals surface area (Å²) < 4.78 is 18.9. The topological polar surface area (TPSA) is 103 Å². The summed E-state index contributed by atoms with van der Waals surface area (Å²) in [5.74, 6) is 0.654. The van der Waals surface area contributed by atoms with Crippen molar-refractivity contribution in [2.75, 3.05) is 7.11 Å². The Morgan fingerprint density at radius 1 is 1.14 bits per heavy atom. The molecule has 1 aliphatic rings. The van der Waals surface area contributed by atoms with Gasteiger partial charge >= 0.3 is 5.97 Å². The summed E-state index contributed by atoms with van der Waals surface area (Å²) in [5.41, 5.74) is 3.24. The van der Waals surface area contributed by atoms with Crippen LogP contribution >= 0.6 is 22.9 Å². The average molecular weight is 614 g/mol. The number of allylic oxidation sites excluding steroid dienone is 1. The zero-order chi connectivity index (χ0) is 30.7. The van der Waals surface area contributed by atoms with Crippen molar-refractivity contribution in [2.24, 2.45) is 4.99 Å². The van der Waals surface area contributed by atoms with Crippen LogP contribution in [0.1, 0.15) is 49.1 Å². The molecule has 0 amide bonds. The van der Waals surface area contributed by atoms with Crippen LogP contribution in [0.2, 0.25) is 5.02 Å². The van der Waals surface area contributed by atoms with Crippen LogP contribution in [0.3, 0.4) is 0 Å². The third kappa shape index (κ3) is 6.41. The van der Waals surface area contributed by atoms with E-state index in [0.717, 1.165) is 5.56 Å². The second-order valence-corrected chi connectivity index (χ2v) is 11.5. The minimum absolute atomic E-state index is 0.257. The van der Waals surface area contributed by atoms with Gasteiger partial charge in [-0.2, -0.15) is 5.26 Å². The molecule has 1 aliphatic heterocycles. The second kappa shape index (κ2) is 12.7. The summed E-state index contributed by atoms with van der Waals surface area (Å²) in [6.45, 7) is 5.55. The Morgan fingerprint density at radius 2 is 1.86 bits per heavy atom. The fourth-order valence-electron chi connectivity index (χ4n) is 4.70. The predicted molar refractivity (Wildman–Crippen MR) is 165 cm³/mol. The lowest BCUT2D eigenvalue weighted by molar-refractivity contribution is -0.143. The van der Waals surface area contributed by atoms with E-state index in [-0.39, 0.29) is 18.3 Å². The summed E-state index contributed by atoms with van der Waals surface area (Å²) in [5, 5.41) is 9.54. The monoisotopic (exact) mass is 613 g/mol. The molecule has 8 nitrogen and oxygen atoms in total. The number of fused-ring (bicyclic) bond motifs is 1. The molecule has 10 heteroatoms. The highest BCUT2D eigenvalue weighted by molar-refractivity contribution is 7.07. The fraction of sp³-hybridized carbons (Fsp3) is 0.212. The van der Waals surface area contributed by atoms with E-state index in [1.54, 1.807) is 76.4 Å². The number of carbonyl (C=O) groups is 1. The number of methoxy groups -OCH3 is 1. The third-order valence-corrected chi connectivity index (χ3v) is 7.97. The van der Waals surface area contributed by atoms with Gasteiger partial charge in [0.05, 0.1) is 46.7 Å². The first-order valence-corrected chi connectivity index (χ1v) is 14.7. The molecule has 0 unspecified atom stereocenters. The highest BCUT2D eigenvalue weighted by Crippen LogP contribution is 2.32. The van der Waals surface area contributed by atoms with E-state index in [4.69, 9.17) is 31.1 Å². The van der Waals surface area contributed by atoms with E-state index < -0.39 is 12.0 Å². The van der Waals surface area contributed by atoms with Gasteiger partial charge in [-0.05, 0) is 80.4 Å². The maximum absolute atomic E-state index is 14.0. The molecule has 0 saturated carbocycles. The van der Waals surface area contributed by atoms with E-state index >= 15 is 0 Å². The number of hydrogen-bond donors (Lipinski definition) is 0. The number of thiazole rings is 1. The molecule has 2 heterocycles. The van der Waals surface area contributed by atoms with E-state index in [9.17, 15) is 9.59 Å². The molecule has 0 radical (unpaired) electrons. The first-order chi connectivity index (χ1) is 20.7. The van der Waals surface area contributed by atoms with Gasteiger partial charge in [-0.25, -0.2) is 9.79 Å². The number of esters is 1. The summed E-state index contributed by atoms with van der Waals surface area (Å²) in [6.07, 6.45) is 1.37. The van der Waals surface area contributed by atoms with Crippen molar-refractivity contribution in [1.29, 1.82) is 5.26 Å². The molecular weight excluding hydrogens is 586 g/mol. The van der Waals surface area contributed by atoms with Crippen LogP contribution in [0.4, 0.5) is 0 Å². The summed E-state index contributed by atoms with van der Waals surface area (Å²) in [7, 11) is 1.58. The first-order valence-electron chi connectivity index (χ1n) is 13.5. The van der Waals surface area contributed by atoms with Crippen LogP contribution in [0.15, 0.2) is 87.8 Å². The van der Waals surface area contributed by atoms with Gasteiger partial charge in [0.25, 0.3) is 5.56 Å². The first kappa shape index (κ1) is 29.8. The third-order valence-electron chi connectivity index (χ3n) is 6.75. The number of ether oxygens (including phenoxy) is 3. The number of rotatable bonds is 8. The Hall–Kier alpha value is -4.65. The fourth-order valence-corrected chi connectivity index (χ4v) is 5.92. The van der Waals surface area contributed by atoms with Gasteiger partial charge in [0.2, 0.25) is 0 Å². The zero-order valence-corrected chi connectivity index (χ0v) is 25.5. The van der Waals surface area contributed by atoms with Crippen LogP contribution in [-0.4, -0.2) is 23.8 Å². The number of halogens is 1. The Bertz CT molecular complexity index is 1930. The largest absolute Gasteiger partial charge is 0.497 e. The summed E-state index contributed by atoms with van der Waals surface area (Å²) in [6, 6.07) is 20.9. The van der Waals surface area contributed by atoms with Gasteiger partial charge in [0.1, 0.15) is 18.1 Å². The van der Waals surface area contributed by atoms with E-state index in [1.165, 1.54) is 15.9 Å². The number of nitriles is 1. The van der Waals surface area contributed by atoms with Crippen molar-refractivity contribution in [2.45, 2.75) is 39.5 Å². The van der Waals surface area contributed by atoms with Crippen molar-refractivity contribution >= 4 is 35.0 Å². The van der Waals surface area contributed by atoms with Crippen molar-refractivity contribution < 1.29 is 19.0 Å². The number of carbonyl (C=O) groups excluding carboxylic acids is 1. The van der Waals surface area contributed by atoms with Crippen LogP contribution < -0.4 is 24.4 Å². The van der Waals surface area contributed by atoms with Gasteiger partial charge in [0.15, 0.2) is 4.80 Å². The van der Waals surface area contributed by atoms with Crippen molar-refractivity contribution in [3.63, 3.8) is 0 Å². The molecular formula is C33H28ClN3O5S. The molecule has 218 valence electrons. The summed E-state index contributed by atoms with van der Waals surface area (Å²) >= 11 is 7.56. The molecule has 1 atom stereocenters. The van der Waals surface area contributed by atoms with Crippen molar-refractivity contribution in [1.82, 2.24) is 4.57 Å². The van der Waals surface area contributed by atoms with E-state index in [1.807, 2.05) is 24.3 Å². The van der Waals surface area contributed by atoms with Gasteiger partial charge < -0.3 is 14.2 Å². The molecule has 0 N–H and O–H groups in total. The number of nitrogens with zero attached hydrogens (tertiary/aromatic N) is 3. The SMILES string of the molecule is COc1ccc([C@@H]2C(C(=O)OC(C)C)=C(C)N=c3s/c(=C/c4cc(Cl)ccc4OCc4ccc(C#N)cc4)c(=O)n32)cc1. The minimum atomic E-state index is -0.748. The molecule has 1 aromatic heterocycles. The van der Waals surface area contributed by atoms with Crippen LogP contribution in [-0.2, 0) is 16.1 Å². The normalized spacial score (nSPS) is 14.6. The zero-order valence-electron chi connectivity index (χ0n) is 24.0. The van der Waals surface area contributed by atoms with Crippen molar-refractivity contribution in [3.8, 4) is 17.6 Å². The van der Waals surface area contributed by atoms with Crippen molar-refractivity contribution in [3.05, 3.63) is 125 Å². The van der Waals surface area contributed by atoms with E-state index in [0.29, 0.717) is 53.8 Å². The predicted octanol–water partition coefficient (Wildman–Crippen LogP) is 5.30. The second-order valence-electron chi connectivity index (χ2n) is 10.1. The van der Waals surface area contributed by atoms with E-state index in [2.05, 4.69) is 11.1 Å². The lowest BCUT2D eigenvalue weighted by Gasteiger charge is -2.25. The van der Waals surface area contributed by atoms with Gasteiger partial charge in [-0.3, -0.25) is 9.36 Å². The molecule has 3 aromatic carbocycles. The lowest BCUT2D eigenvalue weighted by atomic mass is 9.96. The number of benzene rings is 3. The smallest absolute Gasteiger partial charge is 0.338 e. The standard InChI is InChI=1S/C33H28ClN3O5S/c1-19(2)42-32(39)29-20(3)36-33-37(30(29)23-9-12-26(40-4)13-10-23)31(38)28(43-33)16-24-15-25(34)11-14-27(24)41-18-22-7-5-21(17-35)6-8-22/h5-16,19,30H,18H2,1-4H3/b28-16+/t30-/m1/s1. The summed E-state index contributed by atoms with van der Waals surface area (Å²) in [4.78, 5) is 32.5. The molecule has 43 heavy (non-hydrogen) atoms. The molecule has 0 bridgehead atoms. The maximum atomic E-state index is 14.0. The Balaban J connectivity index is 1.59. The quantitative estimate of drug-likeness (QED) is 0.250. The molecule has 5 rings (SSSR count). The Kier molecular flexibility index (Phi) is 8.81. The minimum Gasteiger partial charge on any atom is -0.497 e. The highest BCUT2D eigenvalue weighted by atomic mass is 35.5. The lowest BCUT2D eigenvalue weighted by Crippen LogP contribution is -2.40. The molecule has 0 saturated heterocycles. The highest BCUT2D eigenvalue weighted by Gasteiger charge is 2.33. The average Bonchev–Trinajstić information content (AvgIpc) is 3.29. The number of hydrogen-bond acceptors (Lipinski definition) is 8. The Labute approximate surface area is 257 Å². The van der Waals surface area contributed by atoms with Gasteiger partial charge in [0, 0.05) is 10.6 Å². The van der Waals surface area contributed by atoms with Gasteiger partial charge in [-0.15, -0.1) is 0 Å². The van der Waals surface area contributed by atoms with Crippen LogP contribution in [0.5, 0.6) is 11.5 Å². The van der Waals surface area contributed by atoms with Crippen LogP contribution in [0, 0.1) is 11.3 Å². The van der Waals surface area contributed by atoms with Gasteiger partial charge in [-0.1, -0.05) is 47.2 Å². The Morgan fingerprint density at radius 3 is 2.51 bits per heavy atom. The molecule has 0 aliphatic carbocycles. The molecule has 4 aromatic rings.